The largest absolute Gasteiger partial charge is 0.493 e. The molecule has 0 saturated carbocycles. The minimum atomic E-state index is -0.119. The first-order chi connectivity index (χ1) is 17.6. The van der Waals surface area contributed by atoms with Crippen molar-refractivity contribution in [3.05, 3.63) is 41.0 Å². The van der Waals surface area contributed by atoms with Gasteiger partial charge in [0.2, 0.25) is 5.75 Å². The van der Waals surface area contributed by atoms with Crippen molar-refractivity contribution in [2.45, 2.75) is 45.1 Å². The zero-order chi connectivity index (χ0) is 25.5. The fourth-order valence-electron chi connectivity index (χ4n) is 5.09. The molecule has 36 heavy (non-hydrogen) atoms. The number of methoxy groups -OCH3 is 3. The highest BCUT2D eigenvalue weighted by molar-refractivity contribution is 5.69. The number of ether oxygens (including phenoxy) is 6. The minimum absolute atomic E-state index is 0.0108. The molecule has 2 heterocycles. The Morgan fingerprint density at radius 3 is 2.28 bits per heavy atom. The van der Waals surface area contributed by atoms with Crippen LogP contribution in [0.5, 0.6) is 28.7 Å². The molecule has 0 aromatic heterocycles. The van der Waals surface area contributed by atoms with Crippen molar-refractivity contribution in [2.24, 2.45) is 0 Å². The number of unbranched alkanes of at least 4 members (excludes halogenated alkanes) is 2. The number of carbonyl (C=O) groups is 1. The van der Waals surface area contributed by atoms with Gasteiger partial charge in [0.25, 0.3) is 0 Å². The first-order valence-electron chi connectivity index (χ1n) is 12.7. The standard InChI is InChI=1S/C28H37NO7/c1-5-34-26(30)9-7-6-8-11-29-12-10-19-15-22-23(36-14-13-35-22)18-21(19)27(29)20-16-24(31-2)28(33-4)25(17-20)32-3/h15-18,27H,5-14H2,1-4H3. The molecule has 0 saturated heterocycles. The summed E-state index contributed by atoms with van der Waals surface area (Å²) in [6.45, 7) is 5.19. The lowest BCUT2D eigenvalue weighted by molar-refractivity contribution is -0.143. The highest BCUT2D eigenvalue weighted by Gasteiger charge is 2.32. The maximum Gasteiger partial charge on any atom is 0.305 e. The first kappa shape index (κ1) is 25.9. The number of carbonyl (C=O) groups excluding carboxylic acids is 1. The average molecular weight is 500 g/mol. The summed E-state index contributed by atoms with van der Waals surface area (Å²) in [4.78, 5) is 14.2. The number of benzene rings is 2. The third-order valence-corrected chi connectivity index (χ3v) is 6.77. The van der Waals surface area contributed by atoms with E-state index < -0.39 is 0 Å². The molecule has 196 valence electrons. The van der Waals surface area contributed by atoms with Crippen LogP contribution in [0, 0.1) is 0 Å². The summed E-state index contributed by atoms with van der Waals surface area (Å²) in [6, 6.07) is 8.32. The topological polar surface area (TPSA) is 75.7 Å². The van der Waals surface area contributed by atoms with Crippen LogP contribution in [0.3, 0.4) is 0 Å². The van der Waals surface area contributed by atoms with Crippen LogP contribution in [0.4, 0.5) is 0 Å². The lowest BCUT2D eigenvalue weighted by Crippen LogP contribution is -2.37. The summed E-state index contributed by atoms with van der Waals surface area (Å²) in [5.74, 6) is 3.32. The molecule has 0 aliphatic carbocycles. The third-order valence-electron chi connectivity index (χ3n) is 6.77. The van der Waals surface area contributed by atoms with E-state index in [4.69, 9.17) is 28.4 Å². The predicted octanol–water partition coefficient (Wildman–Crippen LogP) is 4.55. The lowest BCUT2D eigenvalue weighted by atomic mass is 9.87. The molecular formula is C28H37NO7. The smallest absolute Gasteiger partial charge is 0.305 e. The summed E-state index contributed by atoms with van der Waals surface area (Å²) in [5, 5.41) is 0. The Bertz CT molecular complexity index is 1030. The summed E-state index contributed by atoms with van der Waals surface area (Å²) in [7, 11) is 4.89. The highest BCUT2D eigenvalue weighted by Crippen LogP contribution is 2.46. The normalized spacial score (nSPS) is 16.7. The fourth-order valence-corrected chi connectivity index (χ4v) is 5.09. The van der Waals surface area contributed by atoms with Crippen molar-refractivity contribution in [3.8, 4) is 28.7 Å². The van der Waals surface area contributed by atoms with Crippen molar-refractivity contribution >= 4 is 5.97 Å². The van der Waals surface area contributed by atoms with Crippen LogP contribution < -0.4 is 23.7 Å². The van der Waals surface area contributed by atoms with Crippen LogP contribution in [-0.2, 0) is 16.0 Å². The van der Waals surface area contributed by atoms with Crippen molar-refractivity contribution in [3.63, 3.8) is 0 Å². The molecule has 2 aliphatic heterocycles. The van der Waals surface area contributed by atoms with Crippen LogP contribution in [0.15, 0.2) is 24.3 Å². The summed E-state index contributed by atoms with van der Waals surface area (Å²) >= 11 is 0. The SMILES string of the molecule is CCOC(=O)CCCCCN1CCc2cc3c(cc2C1c1cc(OC)c(OC)c(OC)c1)OCCO3. The molecule has 4 rings (SSSR count). The molecule has 2 aromatic rings. The Balaban J connectivity index is 1.63. The predicted molar refractivity (Wildman–Crippen MR) is 136 cm³/mol. The Hall–Kier alpha value is -3.13. The number of esters is 1. The molecule has 1 atom stereocenters. The number of fused-ring (bicyclic) bond motifs is 2. The molecule has 0 N–H and O–H groups in total. The van der Waals surface area contributed by atoms with Crippen LogP contribution >= 0.6 is 0 Å². The van der Waals surface area contributed by atoms with E-state index in [0.29, 0.717) is 43.5 Å². The second-order valence-electron chi connectivity index (χ2n) is 8.96. The van der Waals surface area contributed by atoms with Gasteiger partial charge in [0, 0.05) is 13.0 Å². The molecule has 0 amide bonds. The number of nitrogens with zero attached hydrogens (tertiary/aromatic N) is 1. The van der Waals surface area contributed by atoms with Gasteiger partial charge in [0.15, 0.2) is 23.0 Å². The Morgan fingerprint density at radius 1 is 0.944 bits per heavy atom. The van der Waals surface area contributed by atoms with Gasteiger partial charge >= 0.3 is 5.97 Å². The highest BCUT2D eigenvalue weighted by atomic mass is 16.6. The van der Waals surface area contributed by atoms with E-state index in [1.54, 1.807) is 21.3 Å². The van der Waals surface area contributed by atoms with Crippen LogP contribution in [-0.4, -0.2) is 65.1 Å². The zero-order valence-corrected chi connectivity index (χ0v) is 21.8. The van der Waals surface area contributed by atoms with E-state index in [1.807, 2.05) is 19.1 Å². The molecular weight excluding hydrogens is 462 g/mol. The quantitative estimate of drug-likeness (QED) is 0.329. The van der Waals surface area contributed by atoms with Gasteiger partial charge in [-0.05, 0) is 73.7 Å². The second kappa shape index (κ2) is 12.2. The summed E-state index contributed by atoms with van der Waals surface area (Å²) in [5.41, 5.74) is 3.52. The average Bonchev–Trinajstić information content (AvgIpc) is 2.90. The molecule has 2 aromatic carbocycles. The van der Waals surface area contributed by atoms with Crippen LogP contribution in [0.25, 0.3) is 0 Å². The van der Waals surface area contributed by atoms with Gasteiger partial charge in [-0.3, -0.25) is 9.69 Å². The van der Waals surface area contributed by atoms with E-state index in [2.05, 4.69) is 17.0 Å². The van der Waals surface area contributed by atoms with Gasteiger partial charge in [0.05, 0.1) is 34.0 Å². The van der Waals surface area contributed by atoms with Crippen molar-refractivity contribution in [1.82, 2.24) is 4.90 Å². The Labute approximate surface area is 213 Å². The fraction of sp³-hybridized carbons (Fsp3) is 0.536. The maximum absolute atomic E-state index is 11.7. The number of rotatable bonds is 11. The minimum Gasteiger partial charge on any atom is -0.493 e. The van der Waals surface area contributed by atoms with Crippen LogP contribution in [0.2, 0.25) is 0 Å². The lowest BCUT2D eigenvalue weighted by Gasteiger charge is -2.39. The van der Waals surface area contributed by atoms with Gasteiger partial charge in [-0.1, -0.05) is 6.42 Å². The number of hydrogen-bond acceptors (Lipinski definition) is 8. The van der Waals surface area contributed by atoms with Crippen LogP contribution in [0.1, 0.15) is 55.3 Å². The molecule has 0 radical (unpaired) electrons. The van der Waals surface area contributed by atoms with Gasteiger partial charge in [0.1, 0.15) is 13.2 Å². The molecule has 0 bridgehead atoms. The molecule has 1 unspecified atom stereocenters. The Kier molecular flexibility index (Phi) is 8.80. The van der Waals surface area contributed by atoms with Crippen molar-refractivity contribution in [2.75, 3.05) is 54.2 Å². The second-order valence-corrected chi connectivity index (χ2v) is 8.96. The zero-order valence-electron chi connectivity index (χ0n) is 21.8. The summed E-state index contributed by atoms with van der Waals surface area (Å²) in [6.07, 6.45) is 4.18. The first-order valence-corrected chi connectivity index (χ1v) is 12.7. The molecule has 0 spiro atoms. The van der Waals surface area contributed by atoms with Crippen molar-refractivity contribution in [1.29, 1.82) is 0 Å². The molecule has 8 heteroatoms. The molecule has 2 aliphatic rings. The van der Waals surface area contributed by atoms with Crippen molar-refractivity contribution < 1.29 is 33.2 Å². The molecule has 8 nitrogen and oxygen atoms in total. The van der Waals surface area contributed by atoms with E-state index in [-0.39, 0.29) is 12.0 Å². The van der Waals surface area contributed by atoms with E-state index in [1.165, 1.54) is 11.1 Å². The summed E-state index contributed by atoms with van der Waals surface area (Å²) < 4.78 is 33.7. The maximum atomic E-state index is 11.7. The number of hydrogen-bond donors (Lipinski definition) is 0. The van der Waals surface area contributed by atoms with E-state index in [9.17, 15) is 4.79 Å². The molecule has 0 fully saturated rings. The Morgan fingerprint density at radius 2 is 1.64 bits per heavy atom. The third kappa shape index (κ3) is 5.64. The van der Waals surface area contributed by atoms with Gasteiger partial charge in [-0.2, -0.15) is 0 Å². The van der Waals surface area contributed by atoms with E-state index in [0.717, 1.165) is 55.8 Å². The van der Waals surface area contributed by atoms with Gasteiger partial charge < -0.3 is 28.4 Å². The van der Waals surface area contributed by atoms with E-state index >= 15 is 0 Å². The van der Waals surface area contributed by atoms with Gasteiger partial charge in [-0.15, -0.1) is 0 Å². The van der Waals surface area contributed by atoms with Gasteiger partial charge in [-0.25, -0.2) is 0 Å². The monoisotopic (exact) mass is 499 g/mol.